The van der Waals surface area contributed by atoms with E-state index in [1.54, 1.807) is 0 Å². The summed E-state index contributed by atoms with van der Waals surface area (Å²) < 4.78 is 35.9. The van der Waals surface area contributed by atoms with Crippen LogP contribution in [0.25, 0.3) is 0 Å². The van der Waals surface area contributed by atoms with Gasteiger partial charge in [-0.05, 0) is 19.3 Å². The minimum absolute atomic E-state index is 0.0988. The van der Waals surface area contributed by atoms with Crippen molar-refractivity contribution in [1.82, 2.24) is 4.98 Å². The second kappa shape index (κ2) is 5.46. The molecular formula is C11H14F3N3OS. The number of aryl methyl sites for hydroxylation is 1. The van der Waals surface area contributed by atoms with Crippen LogP contribution in [-0.2, 0) is 17.6 Å². The van der Waals surface area contributed by atoms with E-state index in [4.69, 9.17) is 5.73 Å². The number of alkyl halides is 3. The van der Waals surface area contributed by atoms with Crippen molar-refractivity contribution in [3.63, 3.8) is 0 Å². The highest BCUT2D eigenvalue weighted by atomic mass is 32.1. The fourth-order valence-electron chi connectivity index (χ4n) is 1.89. The molecule has 8 heteroatoms. The molecule has 0 saturated heterocycles. The van der Waals surface area contributed by atoms with Gasteiger partial charge in [-0.15, -0.1) is 11.3 Å². The summed E-state index contributed by atoms with van der Waals surface area (Å²) in [6.07, 6.45) is -3.69. The highest BCUT2D eigenvalue weighted by molar-refractivity contribution is 7.15. The lowest BCUT2D eigenvalue weighted by atomic mass is 9.99. The summed E-state index contributed by atoms with van der Waals surface area (Å²) in [5.74, 6) is -0.660. The molecule has 0 fully saturated rings. The predicted molar refractivity (Wildman–Crippen MR) is 66.0 cm³/mol. The van der Waals surface area contributed by atoms with Gasteiger partial charge in [-0.2, -0.15) is 13.2 Å². The van der Waals surface area contributed by atoms with Crippen LogP contribution in [0.2, 0.25) is 0 Å². The molecule has 0 unspecified atom stereocenters. The Hall–Kier alpha value is -1.15. The Kier molecular flexibility index (Phi) is 4.10. The quantitative estimate of drug-likeness (QED) is 0.898. The summed E-state index contributed by atoms with van der Waals surface area (Å²) in [7, 11) is 0. The summed E-state index contributed by atoms with van der Waals surface area (Å²) >= 11 is 1.30. The molecule has 19 heavy (non-hydrogen) atoms. The van der Waals surface area contributed by atoms with Crippen LogP contribution in [-0.4, -0.2) is 23.1 Å². The number of rotatable bonds is 3. The number of hydrogen-bond donors (Lipinski definition) is 2. The van der Waals surface area contributed by atoms with Crippen LogP contribution in [0.1, 0.15) is 29.8 Å². The van der Waals surface area contributed by atoms with Crippen molar-refractivity contribution in [1.29, 1.82) is 0 Å². The molecule has 1 aliphatic rings. The van der Waals surface area contributed by atoms with Crippen LogP contribution in [0.5, 0.6) is 0 Å². The Morgan fingerprint density at radius 3 is 2.95 bits per heavy atom. The first-order chi connectivity index (χ1) is 8.83. The lowest BCUT2D eigenvalue weighted by molar-refractivity contribution is -0.142. The maximum Gasteiger partial charge on any atom is 0.389 e. The molecule has 1 atom stereocenters. The van der Waals surface area contributed by atoms with Gasteiger partial charge in [0.25, 0.3) is 0 Å². The number of anilines is 1. The Morgan fingerprint density at radius 2 is 2.26 bits per heavy atom. The van der Waals surface area contributed by atoms with Gasteiger partial charge >= 0.3 is 6.18 Å². The van der Waals surface area contributed by atoms with Gasteiger partial charge in [-0.1, -0.05) is 0 Å². The largest absolute Gasteiger partial charge is 0.389 e. The molecule has 0 spiro atoms. The summed E-state index contributed by atoms with van der Waals surface area (Å²) in [6.45, 7) is 0. The van der Waals surface area contributed by atoms with Crippen molar-refractivity contribution in [2.75, 3.05) is 5.32 Å². The molecule has 1 aromatic heterocycles. The molecule has 1 amide bonds. The molecule has 2 rings (SSSR count). The van der Waals surface area contributed by atoms with Gasteiger partial charge in [0.2, 0.25) is 5.91 Å². The molecule has 4 nitrogen and oxygen atoms in total. The maximum absolute atomic E-state index is 12.0. The molecule has 1 aliphatic carbocycles. The van der Waals surface area contributed by atoms with E-state index in [1.807, 2.05) is 0 Å². The summed E-state index contributed by atoms with van der Waals surface area (Å²) in [5, 5.41) is 2.78. The SMILES string of the molecule is N[C@H]1CCc2nc(NC(=O)CCC(F)(F)F)sc2C1. The van der Waals surface area contributed by atoms with Crippen LogP contribution in [0.15, 0.2) is 0 Å². The maximum atomic E-state index is 12.0. The zero-order valence-corrected chi connectivity index (χ0v) is 10.9. The Bertz CT molecular complexity index is 472. The van der Waals surface area contributed by atoms with Crippen LogP contribution in [0.3, 0.4) is 0 Å². The third-order valence-corrected chi connectivity index (χ3v) is 3.90. The average molecular weight is 293 g/mol. The first kappa shape index (κ1) is 14.3. The topological polar surface area (TPSA) is 68.0 Å². The average Bonchev–Trinajstić information content (AvgIpc) is 2.66. The highest BCUT2D eigenvalue weighted by Gasteiger charge is 2.28. The van der Waals surface area contributed by atoms with Crippen LogP contribution >= 0.6 is 11.3 Å². The van der Waals surface area contributed by atoms with E-state index in [1.165, 1.54) is 11.3 Å². The van der Waals surface area contributed by atoms with Gasteiger partial charge in [0, 0.05) is 17.3 Å². The third-order valence-electron chi connectivity index (χ3n) is 2.86. The minimum atomic E-state index is -4.31. The molecule has 1 heterocycles. The summed E-state index contributed by atoms with van der Waals surface area (Å²) in [4.78, 5) is 16.6. The molecule has 106 valence electrons. The van der Waals surface area contributed by atoms with Gasteiger partial charge in [0.05, 0.1) is 12.1 Å². The second-order valence-electron chi connectivity index (χ2n) is 4.56. The number of nitrogens with one attached hydrogen (secondary N) is 1. The van der Waals surface area contributed by atoms with Gasteiger partial charge in [0.1, 0.15) is 0 Å². The predicted octanol–water partition coefficient (Wildman–Crippen LogP) is 2.24. The number of amides is 1. The lowest BCUT2D eigenvalue weighted by Crippen LogP contribution is -2.27. The summed E-state index contributed by atoms with van der Waals surface area (Å²) in [5.41, 5.74) is 6.72. The minimum Gasteiger partial charge on any atom is -0.327 e. The first-order valence-corrected chi connectivity index (χ1v) is 6.76. The fourth-order valence-corrected chi connectivity index (χ4v) is 3.01. The number of aromatic nitrogens is 1. The van der Waals surface area contributed by atoms with Crippen molar-refractivity contribution in [3.05, 3.63) is 10.6 Å². The third kappa shape index (κ3) is 4.17. The number of thiazole rings is 1. The van der Waals surface area contributed by atoms with Crippen LogP contribution in [0.4, 0.5) is 18.3 Å². The van der Waals surface area contributed by atoms with Gasteiger partial charge < -0.3 is 11.1 Å². The van der Waals surface area contributed by atoms with Crippen molar-refractivity contribution in [3.8, 4) is 0 Å². The summed E-state index contributed by atoms with van der Waals surface area (Å²) in [6, 6.07) is 0.0988. The van der Waals surface area contributed by atoms with Crippen LogP contribution < -0.4 is 11.1 Å². The number of fused-ring (bicyclic) bond motifs is 1. The second-order valence-corrected chi connectivity index (χ2v) is 5.64. The Balaban J connectivity index is 1.91. The van der Waals surface area contributed by atoms with E-state index < -0.39 is 24.9 Å². The standard InChI is InChI=1S/C11H14F3N3OS/c12-11(13,14)4-3-9(18)17-10-16-7-2-1-6(15)5-8(7)19-10/h6H,1-5,15H2,(H,16,17,18)/t6-/m0/s1. The van der Waals surface area contributed by atoms with E-state index in [0.29, 0.717) is 11.6 Å². The molecule has 0 radical (unpaired) electrons. The number of carbonyl (C=O) groups excluding carboxylic acids is 1. The van der Waals surface area contributed by atoms with E-state index in [-0.39, 0.29) is 6.04 Å². The number of nitrogens with two attached hydrogens (primary N) is 1. The van der Waals surface area contributed by atoms with Gasteiger partial charge in [-0.3, -0.25) is 4.79 Å². The monoisotopic (exact) mass is 293 g/mol. The Labute approximate surface area is 112 Å². The highest BCUT2D eigenvalue weighted by Crippen LogP contribution is 2.29. The van der Waals surface area contributed by atoms with E-state index in [0.717, 1.165) is 23.4 Å². The van der Waals surface area contributed by atoms with E-state index in [9.17, 15) is 18.0 Å². The number of hydrogen-bond acceptors (Lipinski definition) is 4. The number of carbonyl (C=O) groups is 1. The molecule has 1 aromatic rings. The van der Waals surface area contributed by atoms with Crippen molar-refractivity contribution in [2.45, 2.75) is 44.3 Å². The van der Waals surface area contributed by atoms with Gasteiger partial charge in [-0.25, -0.2) is 4.98 Å². The van der Waals surface area contributed by atoms with Crippen molar-refractivity contribution >= 4 is 22.4 Å². The van der Waals surface area contributed by atoms with E-state index >= 15 is 0 Å². The molecule has 3 N–H and O–H groups in total. The normalized spacial score (nSPS) is 19.1. The zero-order valence-electron chi connectivity index (χ0n) is 10.1. The smallest absolute Gasteiger partial charge is 0.327 e. The molecular weight excluding hydrogens is 279 g/mol. The number of nitrogens with zero attached hydrogens (tertiary/aromatic N) is 1. The van der Waals surface area contributed by atoms with Crippen molar-refractivity contribution in [2.24, 2.45) is 5.73 Å². The molecule has 0 aromatic carbocycles. The molecule has 0 bridgehead atoms. The lowest BCUT2D eigenvalue weighted by Gasteiger charge is -2.15. The fraction of sp³-hybridized carbons (Fsp3) is 0.636. The van der Waals surface area contributed by atoms with Gasteiger partial charge in [0.15, 0.2) is 5.13 Å². The zero-order chi connectivity index (χ0) is 14.0. The molecule has 0 aliphatic heterocycles. The van der Waals surface area contributed by atoms with Crippen molar-refractivity contribution < 1.29 is 18.0 Å². The first-order valence-electron chi connectivity index (χ1n) is 5.94. The number of halogens is 3. The molecule has 0 saturated carbocycles. The van der Waals surface area contributed by atoms with E-state index in [2.05, 4.69) is 10.3 Å². The van der Waals surface area contributed by atoms with Crippen LogP contribution in [0, 0.1) is 0 Å². The Morgan fingerprint density at radius 1 is 1.53 bits per heavy atom.